The average Bonchev–Trinajstić information content (AvgIpc) is 2.91. The van der Waals surface area contributed by atoms with Crippen molar-refractivity contribution in [3.8, 4) is 0 Å². The first-order chi connectivity index (χ1) is 11.6. The molecule has 0 saturated heterocycles. The number of para-hydroxylation sites is 1. The Bertz CT molecular complexity index is 891. The second-order valence-electron chi connectivity index (χ2n) is 5.34. The van der Waals surface area contributed by atoms with Crippen LogP contribution in [-0.2, 0) is 20.1 Å². The third-order valence-electron chi connectivity index (χ3n) is 3.72. The monoisotopic (exact) mass is 330 g/mol. The molecule has 3 rings (SSSR count). The van der Waals surface area contributed by atoms with E-state index in [4.69, 9.17) is 0 Å². The number of hydrogen-bond acceptors (Lipinski definition) is 2. The number of urea groups is 1. The molecule has 3 aromatic rings. The Balaban J connectivity index is 1.60. The molecule has 0 radical (unpaired) electrons. The lowest BCUT2D eigenvalue weighted by molar-refractivity contribution is 0.240. The van der Waals surface area contributed by atoms with Crippen molar-refractivity contribution in [1.82, 2.24) is 20.4 Å². The van der Waals surface area contributed by atoms with Crippen LogP contribution in [0.15, 0.2) is 42.5 Å². The maximum absolute atomic E-state index is 13.5. The van der Waals surface area contributed by atoms with Gasteiger partial charge in [-0.1, -0.05) is 30.3 Å². The molecule has 2 aromatic carbocycles. The summed E-state index contributed by atoms with van der Waals surface area (Å²) in [7, 11) is 1.83. The number of hydrogen-bond donors (Lipinski definition) is 2. The number of nitrogens with one attached hydrogen (secondary N) is 2. The standard InChI is InChI=1S/C17H16F2N4O/c1-23-15-8-3-2-6-12(15)14(22-23)10-21-17(24)20-9-11-5-4-7-13(18)16(11)19/h2-8H,9-10H2,1H3,(H2,20,21,24). The Kier molecular flexibility index (Phi) is 4.41. The number of nitrogens with zero attached hydrogens (tertiary/aromatic N) is 2. The summed E-state index contributed by atoms with van der Waals surface area (Å²) in [5.74, 6) is -1.89. The molecule has 0 spiro atoms. The van der Waals surface area contributed by atoms with Gasteiger partial charge in [0, 0.05) is 24.5 Å². The largest absolute Gasteiger partial charge is 0.334 e. The van der Waals surface area contributed by atoms with Crippen molar-refractivity contribution in [3.05, 3.63) is 65.4 Å². The number of amides is 2. The molecule has 0 saturated carbocycles. The van der Waals surface area contributed by atoms with Gasteiger partial charge in [-0.25, -0.2) is 13.6 Å². The first-order valence-corrected chi connectivity index (χ1v) is 7.41. The van der Waals surface area contributed by atoms with Gasteiger partial charge in [0.1, 0.15) is 0 Å². The maximum Gasteiger partial charge on any atom is 0.315 e. The molecule has 124 valence electrons. The summed E-state index contributed by atoms with van der Waals surface area (Å²) in [4.78, 5) is 11.9. The summed E-state index contributed by atoms with van der Waals surface area (Å²) in [6, 6.07) is 11.1. The van der Waals surface area contributed by atoms with Crippen LogP contribution in [0.1, 0.15) is 11.3 Å². The Morgan fingerprint density at radius 2 is 1.83 bits per heavy atom. The van der Waals surface area contributed by atoms with Crippen molar-refractivity contribution in [2.75, 3.05) is 0 Å². The van der Waals surface area contributed by atoms with Crippen LogP contribution >= 0.6 is 0 Å². The van der Waals surface area contributed by atoms with Gasteiger partial charge in [-0.15, -0.1) is 0 Å². The topological polar surface area (TPSA) is 59.0 Å². The predicted octanol–water partition coefficient (Wildman–Crippen LogP) is 2.85. The molecular weight excluding hydrogens is 314 g/mol. The molecule has 2 N–H and O–H groups in total. The molecule has 2 amide bonds. The molecule has 0 unspecified atom stereocenters. The maximum atomic E-state index is 13.5. The van der Waals surface area contributed by atoms with E-state index in [-0.39, 0.29) is 18.7 Å². The molecule has 1 heterocycles. The molecule has 0 aliphatic carbocycles. The van der Waals surface area contributed by atoms with Gasteiger partial charge in [-0.3, -0.25) is 4.68 Å². The number of carbonyl (C=O) groups is 1. The van der Waals surface area contributed by atoms with E-state index in [1.807, 2.05) is 31.3 Å². The lowest BCUT2D eigenvalue weighted by atomic mass is 10.2. The van der Waals surface area contributed by atoms with Gasteiger partial charge in [-0.05, 0) is 12.1 Å². The molecule has 0 aliphatic rings. The Morgan fingerprint density at radius 3 is 2.67 bits per heavy atom. The zero-order valence-electron chi connectivity index (χ0n) is 13.0. The van der Waals surface area contributed by atoms with E-state index in [9.17, 15) is 13.6 Å². The summed E-state index contributed by atoms with van der Waals surface area (Å²) in [6.07, 6.45) is 0. The van der Waals surface area contributed by atoms with Crippen LogP contribution in [0.2, 0.25) is 0 Å². The molecule has 7 heteroatoms. The fourth-order valence-electron chi connectivity index (χ4n) is 2.51. The van der Waals surface area contributed by atoms with E-state index in [1.165, 1.54) is 12.1 Å². The average molecular weight is 330 g/mol. The van der Waals surface area contributed by atoms with Gasteiger partial charge in [-0.2, -0.15) is 5.10 Å². The Hall–Kier alpha value is -2.96. The van der Waals surface area contributed by atoms with Gasteiger partial charge in [0.05, 0.1) is 17.8 Å². The minimum absolute atomic E-state index is 0.0911. The summed E-state index contributed by atoms with van der Waals surface area (Å²) < 4.78 is 28.4. The number of halogens is 2. The van der Waals surface area contributed by atoms with E-state index in [0.717, 1.165) is 22.7 Å². The Labute approximate surface area is 137 Å². The molecule has 0 aliphatic heterocycles. The van der Waals surface area contributed by atoms with E-state index >= 15 is 0 Å². The first kappa shape index (κ1) is 15.9. The van der Waals surface area contributed by atoms with Gasteiger partial charge in [0.25, 0.3) is 0 Å². The highest BCUT2D eigenvalue weighted by Gasteiger charge is 2.11. The van der Waals surface area contributed by atoms with Crippen molar-refractivity contribution in [2.24, 2.45) is 7.05 Å². The molecule has 0 atom stereocenters. The van der Waals surface area contributed by atoms with Crippen molar-refractivity contribution >= 4 is 16.9 Å². The number of benzene rings is 2. The predicted molar refractivity (Wildman–Crippen MR) is 86.1 cm³/mol. The molecular formula is C17H16F2N4O. The highest BCUT2D eigenvalue weighted by molar-refractivity contribution is 5.82. The van der Waals surface area contributed by atoms with Crippen LogP contribution in [0.5, 0.6) is 0 Å². The van der Waals surface area contributed by atoms with Crippen molar-refractivity contribution < 1.29 is 13.6 Å². The lowest BCUT2D eigenvalue weighted by Gasteiger charge is -2.08. The van der Waals surface area contributed by atoms with E-state index in [1.54, 1.807) is 4.68 Å². The van der Waals surface area contributed by atoms with E-state index < -0.39 is 17.7 Å². The number of rotatable bonds is 4. The number of carbonyl (C=O) groups excluding carboxylic acids is 1. The van der Waals surface area contributed by atoms with Crippen LogP contribution in [0.4, 0.5) is 13.6 Å². The normalized spacial score (nSPS) is 10.8. The van der Waals surface area contributed by atoms with Gasteiger partial charge >= 0.3 is 6.03 Å². The second-order valence-corrected chi connectivity index (χ2v) is 5.34. The van der Waals surface area contributed by atoms with Crippen LogP contribution < -0.4 is 10.6 Å². The molecule has 0 bridgehead atoms. The molecule has 24 heavy (non-hydrogen) atoms. The number of aryl methyl sites for hydroxylation is 1. The third kappa shape index (κ3) is 3.19. The van der Waals surface area contributed by atoms with E-state index in [2.05, 4.69) is 15.7 Å². The highest BCUT2D eigenvalue weighted by atomic mass is 19.2. The fraction of sp³-hybridized carbons (Fsp3) is 0.176. The SMILES string of the molecule is Cn1nc(CNC(=O)NCc2cccc(F)c2F)c2ccccc21. The minimum Gasteiger partial charge on any atom is -0.334 e. The van der Waals surface area contributed by atoms with Crippen LogP contribution in [0, 0.1) is 11.6 Å². The number of aromatic nitrogens is 2. The van der Waals surface area contributed by atoms with E-state index in [0.29, 0.717) is 0 Å². The van der Waals surface area contributed by atoms with Crippen LogP contribution in [-0.4, -0.2) is 15.8 Å². The zero-order valence-corrected chi connectivity index (χ0v) is 13.0. The third-order valence-corrected chi connectivity index (χ3v) is 3.72. The van der Waals surface area contributed by atoms with Crippen LogP contribution in [0.25, 0.3) is 10.9 Å². The van der Waals surface area contributed by atoms with Crippen LogP contribution in [0.3, 0.4) is 0 Å². The molecule has 5 nitrogen and oxygen atoms in total. The Morgan fingerprint density at radius 1 is 1.08 bits per heavy atom. The summed E-state index contributed by atoms with van der Waals surface area (Å²) in [6.45, 7) is 0.136. The smallest absolute Gasteiger partial charge is 0.315 e. The zero-order chi connectivity index (χ0) is 17.1. The van der Waals surface area contributed by atoms with Gasteiger partial charge < -0.3 is 10.6 Å². The lowest BCUT2D eigenvalue weighted by Crippen LogP contribution is -2.35. The highest BCUT2D eigenvalue weighted by Crippen LogP contribution is 2.17. The van der Waals surface area contributed by atoms with Crippen molar-refractivity contribution in [1.29, 1.82) is 0 Å². The fourth-order valence-corrected chi connectivity index (χ4v) is 2.51. The second kappa shape index (κ2) is 6.66. The molecule has 1 aromatic heterocycles. The first-order valence-electron chi connectivity index (χ1n) is 7.41. The number of fused-ring (bicyclic) bond motifs is 1. The summed E-state index contributed by atoms with van der Waals surface area (Å²) in [5.41, 5.74) is 1.80. The summed E-state index contributed by atoms with van der Waals surface area (Å²) in [5, 5.41) is 10.5. The van der Waals surface area contributed by atoms with Crippen molar-refractivity contribution in [2.45, 2.75) is 13.1 Å². The molecule has 0 fully saturated rings. The van der Waals surface area contributed by atoms with Gasteiger partial charge in [0.2, 0.25) is 0 Å². The van der Waals surface area contributed by atoms with Gasteiger partial charge in [0.15, 0.2) is 11.6 Å². The quantitative estimate of drug-likeness (QED) is 0.773. The van der Waals surface area contributed by atoms with Crippen molar-refractivity contribution in [3.63, 3.8) is 0 Å². The summed E-state index contributed by atoms with van der Waals surface area (Å²) >= 11 is 0. The minimum atomic E-state index is -0.950.